The van der Waals surface area contributed by atoms with Crippen molar-refractivity contribution < 1.29 is 28.9 Å². The van der Waals surface area contributed by atoms with Gasteiger partial charge in [0, 0.05) is 22.3 Å². The van der Waals surface area contributed by atoms with Crippen LogP contribution in [0.25, 0.3) is 0 Å². The second kappa shape index (κ2) is 10.3. The fourth-order valence-corrected chi connectivity index (χ4v) is 3.45. The van der Waals surface area contributed by atoms with Gasteiger partial charge in [0.05, 0.1) is 25.3 Å². The first-order valence-electron chi connectivity index (χ1n) is 9.01. The van der Waals surface area contributed by atoms with E-state index in [2.05, 4.69) is 10.6 Å². The lowest BCUT2D eigenvalue weighted by atomic mass is 9.93. The molecule has 2 rings (SSSR count). The van der Waals surface area contributed by atoms with E-state index in [-0.39, 0.29) is 18.1 Å². The van der Waals surface area contributed by atoms with Crippen molar-refractivity contribution in [1.82, 2.24) is 10.6 Å². The number of halogens is 1. The van der Waals surface area contributed by atoms with Crippen LogP contribution in [0.3, 0.4) is 0 Å². The Bertz CT molecular complexity index is 842. The number of aliphatic carboxylic acids is 1. The van der Waals surface area contributed by atoms with E-state index in [9.17, 15) is 9.59 Å². The maximum atomic E-state index is 12.8. The number of thiocarbonyl (C=S) groups is 1. The molecule has 8 nitrogen and oxygen atoms in total. The Kier molecular flexibility index (Phi) is 8.10. The number of esters is 1. The number of carboxylic acid groups (broad SMARTS) is 1. The highest BCUT2D eigenvalue weighted by atomic mass is 35.5. The predicted octanol–water partition coefficient (Wildman–Crippen LogP) is 2.95. The van der Waals surface area contributed by atoms with E-state index >= 15 is 0 Å². The number of allylic oxidation sites excluding steroid dienone is 1. The van der Waals surface area contributed by atoms with Gasteiger partial charge in [0.1, 0.15) is 0 Å². The summed E-state index contributed by atoms with van der Waals surface area (Å²) in [5, 5.41) is 15.7. The third kappa shape index (κ3) is 5.51. The Hall–Kier alpha value is -2.52. The molecule has 1 atom stereocenters. The maximum absolute atomic E-state index is 12.8. The normalized spacial score (nSPS) is 16.0. The summed E-state index contributed by atoms with van der Waals surface area (Å²) < 4.78 is 16.1. The monoisotopic (exact) mass is 442 g/mol. The minimum absolute atomic E-state index is 0.152. The molecule has 1 unspecified atom stereocenters. The first kappa shape index (κ1) is 22.8. The van der Waals surface area contributed by atoms with Crippen LogP contribution in [0.15, 0.2) is 23.4 Å². The number of benzene rings is 1. The number of carbonyl (C=O) groups excluding carboxylic acids is 1. The molecule has 0 spiro atoms. The van der Waals surface area contributed by atoms with Gasteiger partial charge in [-0.15, -0.1) is 0 Å². The SMILES string of the molecule is CCCC1=C(C(=O)OCC)C(c2cc(Cl)cc(OC)c2OCC(=O)O)NC(=S)N1. The largest absolute Gasteiger partial charge is 0.493 e. The molecular formula is C19H23ClN2O6S. The second-order valence-corrected chi connectivity index (χ2v) is 6.95. The highest BCUT2D eigenvalue weighted by Crippen LogP contribution is 2.42. The minimum atomic E-state index is -1.16. The summed E-state index contributed by atoms with van der Waals surface area (Å²) >= 11 is 11.6. The summed E-state index contributed by atoms with van der Waals surface area (Å²) in [7, 11) is 1.41. The number of hydrogen-bond acceptors (Lipinski definition) is 6. The van der Waals surface area contributed by atoms with Gasteiger partial charge in [0.15, 0.2) is 23.2 Å². The molecule has 0 radical (unpaired) electrons. The van der Waals surface area contributed by atoms with E-state index in [1.54, 1.807) is 13.0 Å². The van der Waals surface area contributed by atoms with Crippen LogP contribution in [0.2, 0.25) is 5.02 Å². The molecule has 0 saturated heterocycles. The van der Waals surface area contributed by atoms with Crippen molar-refractivity contribution in [3.05, 3.63) is 34.0 Å². The van der Waals surface area contributed by atoms with Gasteiger partial charge in [-0.3, -0.25) is 0 Å². The molecule has 0 amide bonds. The number of carboxylic acids is 1. The van der Waals surface area contributed by atoms with Crippen LogP contribution < -0.4 is 20.1 Å². The average molecular weight is 443 g/mol. The standard InChI is InChI=1S/C19H23ClN2O6S/c1-4-6-12-15(18(25)27-5-2)16(22-19(29)21-12)11-7-10(20)8-13(26-3)17(11)28-9-14(23)24/h7-8,16H,4-6,9H2,1-3H3,(H,23,24)(H2,21,22,29). The van der Waals surface area contributed by atoms with Gasteiger partial charge in [-0.25, -0.2) is 9.59 Å². The lowest BCUT2D eigenvalue weighted by Gasteiger charge is -2.32. The number of carbonyl (C=O) groups is 2. The molecule has 0 bridgehead atoms. The summed E-state index contributed by atoms with van der Waals surface area (Å²) in [6, 6.07) is 2.32. The lowest BCUT2D eigenvalue weighted by Crippen LogP contribution is -2.46. The van der Waals surface area contributed by atoms with Gasteiger partial charge < -0.3 is 30.0 Å². The highest BCUT2D eigenvalue weighted by molar-refractivity contribution is 7.80. The van der Waals surface area contributed by atoms with Crippen molar-refractivity contribution in [3.8, 4) is 11.5 Å². The maximum Gasteiger partial charge on any atom is 0.341 e. The molecule has 10 heteroatoms. The van der Waals surface area contributed by atoms with Crippen LogP contribution in [0, 0.1) is 0 Å². The van der Waals surface area contributed by atoms with Crippen molar-refractivity contribution >= 4 is 40.9 Å². The number of hydrogen-bond donors (Lipinski definition) is 3. The average Bonchev–Trinajstić information content (AvgIpc) is 2.66. The van der Waals surface area contributed by atoms with Crippen molar-refractivity contribution in [3.63, 3.8) is 0 Å². The summed E-state index contributed by atoms with van der Waals surface area (Å²) in [5.74, 6) is -1.29. The zero-order valence-electron chi connectivity index (χ0n) is 16.3. The van der Waals surface area contributed by atoms with Gasteiger partial charge in [0.2, 0.25) is 0 Å². The molecule has 0 aliphatic carbocycles. The Morgan fingerprint density at radius 3 is 2.62 bits per heavy atom. The molecule has 29 heavy (non-hydrogen) atoms. The first-order chi connectivity index (χ1) is 13.8. The van der Waals surface area contributed by atoms with Crippen molar-refractivity contribution in [2.75, 3.05) is 20.3 Å². The molecule has 1 aromatic carbocycles. The molecule has 158 valence electrons. The third-order valence-electron chi connectivity index (χ3n) is 4.07. The molecule has 0 aromatic heterocycles. The molecule has 1 aromatic rings. The van der Waals surface area contributed by atoms with E-state index in [0.29, 0.717) is 33.4 Å². The molecule has 1 aliphatic heterocycles. The van der Waals surface area contributed by atoms with Crippen LogP contribution in [-0.2, 0) is 14.3 Å². The van der Waals surface area contributed by atoms with E-state index in [1.807, 2.05) is 6.92 Å². The third-order valence-corrected chi connectivity index (χ3v) is 4.51. The molecule has 1 aliphatic rings. The summed E-state index contributed by atoms with van der Waals surface area (Å²) in [4.78, 5) is 23.8. The smallest absolute Gasteiger partial charge is 0.341 e. The minimum Gasteiger partial charge on any atom is -0.493 e. The van der Waals surface area contributed by atoms with Gasteiger partial charge in [-0.05, 0) is 31.6 Å². The summed E-state index contributed by atoms with van der Waals surface area (Å²) in [6.07, 6.45) is 1.33. The van der Waals surface area contributed by atoms with Crippen LogP contribution in [0.1, 0.15) is 38.3 Å². The van der Waals surface area contributed by atoms with E-state index in [0.717, 1.165) is 6.42 Å². The van der Waals surface area contributed by atoms with Crippen LogP contribution in [-0.4, -0.2) is 42.5 Å². The number of rotatable bonds is 9. The molecule has 1 heterocycles. The first-order valence-corrected chi connectivity index (χ1v) is 9.80. The molecular weight excluding hydrogens is 420 g/mol. The molecule has 3 N–H and O–H groups in total. The number of nitrogens with one attached hydrogen (secondary N) is 2. The topological polar surface area (TPSA) is 106 Å². The molecule has 0 fully saturated rings. The fourth-order valence-electron chi connectivity index (χ4n) is 2.99. The van der Waals surface area contributed by atoms with Gasteiger partial charge in [0.25, 0.3) is 0 Å². The van der Waals surface area contributed by atoms with Crippen molar-refractivity contribution in [2.45, 2.75) is 32.7 Å². The van der Waals surface area contributed by atoms with E-state index < -0.39 is 24.6 Å². The number of ether oxygens (including phenoxy) is 3. The van der Waals surface area contributed by atoms with Crippen LogP contribution in [0.4, 0.5) is 0 Å². The highest BCUT2D eigenvalue weighted by Gasteiger charge is 2.35. The van der Waals surface area contributed by atoms with E-state index in [4.69, 9.17) is 43.1 Å². The van der Waals surface area contributed by atoms with Crippen LogP contribution in [0.5, 0.6) is 11.5 Å². The molecule has 0 saturated carbocycles. The predicted molar refractivity (Wildman–Crippen MR) is 111 cm³/mol. The van der Waals surface area contributed by atoms with E-state index in [1.165, 1.54) is 13.2 Å². The van der Waals surface area contributed by atoms with Gasteiger partial charge in [-0.2, -0.15) is 0 Å². The summed E-state index contributed by atoms with van der Waals surface area (Å²) in [6.45, 7) is 3.28. The van der Waals surface area contributed by atoms with Gasteiger partial charge >= 0.3 is 11.9 Å². The lowest BCUT2D eigenvalue weighted by molar-refractivity contribution is -0.140. The Balaban J connectivity index is 2.68. The van der Waals surface area contributed by atoms with Gasteiger partial charge in [-0.1, -0.05) is 24.9 Å². The Morgan fingerprint density at radius 1 is 1.31 bits per heavy atom. The fraction of sp³-hybridized carbons (Fsp3) is 0.421. The Labute approximate surface area is 179 Å². The Morgan fingerprint density at radius 2 is 2.03 bits per heavy atom. The second-order valence-electron chi connectivity index (χ2n) is 6.10. The zero-order valence-corrected chi connectivity index (χ0v) is 17.9. The van der Waals surface area contributed by atoms with Crippen molar-refractivity contribution in [1.29, 1.82) is 0 Å². The summed E-state index contributed by atoms with van der Waals surface area (Å²) in [5.41, 5.74) is 1.37. The number of methoxy groups -OCH3 is 1. The quantitative estimate of drug-likeness (QED) is 0.393. The van der Waals surface area contributed by atoms with Crippen LogP contribution >= 0.6 is 23.8 Å². The zero-order chi connectivity index (χ0) is 21.6. The van der Waals surface area contributed by atoms with Crippen molar-refractivity contribution in [2.24, 2.45) is 0 Å².